The van der Waals surface area contributed by atoms with Crippen LogP contribution in [-0.4, -0.2) is 61.7 Å². The van der Waals surface area contributed by atoms with Crippen LogP contribution < -0.4 is 5.73 Å². The normalized spacial score (nSPS) is 24.3. The molecule has 1 aromatic carbocycles. The average molecular weight is 345 g/mol. The van der Waals surface area contributed by atoms with Gasteiger partial charge in [-0.3, -0.25) is 9.89 Å². The van der Waals surface area contributed by atoms with Crippen molar-refractivity contribution in [1.82, 2.24) is 9.80 Å². The highest BCUT2D eigenvalue weighted by atomic mass is 16.5. The zero-order chi connectivity index (χ0) is 17.6. The van der Waals surface area contributed by atoms with Crippen molar-refractivity contribution in [3.8, 4) is 0 Å². The molecule has 138 valence electrons. The number of benzene rings is 1. The van der Waals surface area contributed by atoms with Gasteiger partial charge in [-0.05, 0) is 31.2 Å². The van der Waals surface area contributed by atoms with Gasteiger partial charge >= 0.3 is 0 Å². The van der Waals surface area contributed by atoms with Gasteiger partial charge in [-0.1, -0.05) is 36.8 Å². The van der Waals surface area contributed by atoms with Gasteiger partial charge in [0.25, 0.3) is 0 Å². The Hall–Kier alpha value is -1.59. The molecule has 2 aliphatic heterocycles. The lowest BCUT2D eigenvalue weighted by Gasteiger charge is -2.35. The summed E-state index contributed by atoms with van der Waals surface area (Å²) in [4.78, 5) is 9.52. The fourth-order valence-corrected chi connectivity index (χ4v) is 3.79. The molecule has 0 aliphatic carbocycles. The van der Waals surface area contributed by atoms with Crippen molar-refractivity contribution in [3.05, 3.63) is 35.4 Å². The van der Waals surface area contributed by atoms with E-state index in [0.717, 1.165) is 39.4 Å². The molecule has 2 unspecified atom stereocenters. The van der Waals surface area contributed by atoms with Crippen LogP contribution in [0.25, 0.3) is 0 Å². The number of aryl methyl sites for hydroxylation is 1. The first-order valence-electron chi connectivity index (χ1n) is 9.56. The zero-order valence-electron chi connectivity index (χ0n) is 15.7. The van der Waals surface area contributed by atoms with E-state index in [1.807, 2.05) is 0 Å². The van der Waals surface area contributed by atoms with E-state index in [2.05, 4.69) is 47.9 Å². The van der Waals surface area contributed by atoms with E-state index < -0.39 is 0 Å². The first-order chi connectivity index (χ1) is 12.1. The topological polar surface area (TPSA) is 54.1 Å². The Morgan fingerprint density at radius 2 is 1.96 bits per heavy atom. The summed E-state index contributed by atoms with van der Waals surface area (Å²) in [5, 5.41) is 0. The number of nitrogens with zero attached hydrogens (tertiary/aromatic N) is 3. The van der Waals surface area contributed by atoms with Gasteiger partial charge < -0.3 is 15.4 Å². The molecule has 0 amide bonds. The summed E-state index contributed by atoms with van der Waals surface area (Å²) in [5.41, 5.74) is 8.93. The lowest BCUT2D eigenvalue weighted by atomic mass is 10.0. The van der Waals surface area contributed by atoms with Crippen molar-refractivity contribution in [2.75, 3.05) is 45.9 Å². The molecular weight excluding hydrogens is 312 g/mol. The third-order valence-corrected chi connectivity index (χ3v) is 5.36. The number of ether oxygens (including phenoxy) is 1. The predicted molar refractivity (Wildman–Crippen MR) is 103 cm³/mol. The molecule has 1 aromatic rings. The van der Waals surface area contributed by atoms with Gasteiger partial charge in [-0.25, -0.2) is 0 Å². The van der Waals surface area contributed by atoms with Gasteiger partial charge in [0.2, 0.25) is 0 Å². The number of hydrogen-bond acceptors (Lipinski definition) is 3. The van der Waals surface area contributed by atoms with Gasteiger partial charge in [0.05, 0.1) is 25.8 Å². The largest absolute Gasteiger partial charge is 0.379 e. The molecule has 0 radical (unpaired) electrons. The average Bonchev–Trinajstić information content (AvgIpc) is 2.64. The Balaban J connectivity index is 1.72. The number of hydrogen-bond donors (Lipinski definition) is 1. The van der Waals surface area contributed by atoms with Gasteiger partial charge in [0, 0.05) is 26.2 Å². The monoisotopic (exact) mass is 344 g/mol. The smallest absolute Gasteiger partial charge is 0.191 e. The van der Waals surface area contributed by atoms with Crippen LogP contribution in [0.4, 0.5) is 0 Å². The maximum absolute atomic E-state index is 6.32. The maximum atomic E-state index is 6.32. The molecule has 3 rings (SSSR count). The number of rotatable bonds is 4. The Labute approximate surface area is 151 Å². The second kappa shape index (κ2) is 8.68. The van der Waals surface area contributed by atoms with E-state index in [1.165, 1.54) is 24.0 Å². The summed E-state index contributed by atoms with van der Waals surface area (Å²) in [6.07, 6.45) is 2.51. The Morgan fingerprint density at radius 1 is 1.24 bits per heavy atom. The number of morpholine rings is 1. The molecular formula is C20H32N4O. The van der Waals surface area contributed by atoms with E-state index in [0.29, 0.717) is 18.4 Å². The lowest BCUT2D eigenvalue weighted by Crippen LogP contribution is -2.44. The summed E-state index contributed by atoms with van der Waals surface area (Å²) < 4.78 is 5.53. The molecule has 2 fully saturated rings. The van der Waals surface area contributed by atoms with Crippen LogP contribution in [-0.2, 0) is 4.74 Å². The highest BCUT2D eigenvalue weighted by Crippen LogP contribution is 2.23. The minimum atomic E-state index is 0.269. The first-order valence-corrected chi connectivity index (χ1v) is 9.56. The third kappa shape index (κ3) is 4.95. The van der Waals surface area contributed by atoms with E-state index >= 15 is 0 Å². The highest BCUT2D eigenvalue weighted by molar-refractivity contribution is 5.78. The molecule has 2 aliphatic rings. The molecule has 2 saturated heterocycles. The molecule has 2 N–H and O–H groups in total. The molecule has 0 saturated carbocycles. The molecule has 2 heterocycles. The summed E-state index contributed by atoms with van der Waals surface area (Å²) in [6, 6.07) is 9.09. The zero-order valence-corrected chi connectivity index (χ0v) is 15.7. The molecule has 25 heavy (non-hydrogen) atoms. The third-order valence-electron chi connectivity index (χ3n) is 5.36. The maximum Gasteiger partial charge on any atom is 0.191 e. The lowest BCUT2D eigenvalue weighted by molar-refractivity contribution is 0.0179. The van der Waals surface area contributed by atoms with Crippen LogP contribution >= 0.6 is 0 Å². The molecule has 5 nitrogen and oxygen atoms in total. The van der Waals surface area contributed by atoms with Crippen molar-refractivity contribution < 1.29 is 4.74 Å². The van der Waals surface area contributed by atoms with Crippen molar-refractivity contribution in [2.24, 2.45) is 16.6 Å². The Bertz CT molecular complexity index is 566. The quantitative estimate of drug-likeness (QED) is 0.673. The van der Waals surface area contributed by atoms with Crippen LogP contribution in [0.15, 0.2) is 29.3 Å². The summed E-state index contributed by atoms with van der Waals surface area (Å²) in [7, 11) is 0. The van der Waals surface area contributed by atoms with Crippen LogP contribution in [0, 0.1) is 12.8 Å². The minimum absolute atomic E-state index is 0.269. The number of piperidine rings is 1. The summed E-state index contributed by atoms with van der Waals surface area (Å²) >= 11 is 0. The number of nitrogens with two attached hydrogens (primary N) is 1. The van der Waals surface area contributed by atoms with Crippen LogP contribution in [0.1, 0.15) is 36.9 Å². The van der Waals surface area contributed by atoms with Crippen molar-refractivity contribution in [2.45, 2.75) is 32.7 Å². The molecule has 5 heteroatoms. The first kappa shape index (κ1) is 18.2. The van der Waals surface area contributed by atoms with Crippen LogP contribution in [0.2, 0.25) is 0 Å². The standard InChI is InChI=1S/C20H32N4O/c1-16-5-7-18(8-6-16)19(23-10-12-25-13-11-23)14-22-20(21)24-9-3-4-17(2)15-24/h5-8,17,19H,3-4,9-15H2,1-2H3,(H2,21,22). The van der Waals surface area contributed by atoms with Crippen molar-refractivity contribution in [1.29, 1.82) is 0 Å². The summed E-state index contributed by atoms with van der Waals surface area (Å²) in [6.45, 7) is 10.7. The fraction of sp³-hybridized carbons (Fsp3) is 0.650. The molecule has 2 atom stereocenters. The number of aliphatic imine (C=N–C) groups is 1. The molecule has 0 spiro atoms. The Kier molecular flexibility index (Phi) is 6.32. The number of likely N-dealkylation sites (tertiary alicyclic amines) is 1. The van der Waals surface area contributed by atoms with Gasteiger partial charge in [-0.2, -0.15) is 0 Å². The van der Waals surface area contributed by atoms with E-state index in [4.69, 9.17) is 15.5 Å². The SMILES string of the molecule is Cc1ccc(C(CN=C(N)N2CCCC(C)C2)N2CCOCC2)cc1. The Morgan fingerprint density at radius 3 is 2.64 bits per heavy atom. The predicted octanol–water partition coefficient (Wildman–Crippen LogP) is 2.41. The molecule has 0 bridgehead atoms. The summed E-state index contributed by atoms with van der Waals surface area (Å²) in [5.74, 6) is 1.41. The van der Waals surface area contributed by atoms with E-state index in [-0.39, 0.29) is 6.04 Å². The van der Waals surface area contributed by atoms with E-state index in [1.54, 1.807) is 0 Å². The second-order valence-electron chi connectivity index (χ2n) is 7.47. The van der Waals surface area contributed by atoms with Gasteiger partial charge in [0.15, 0.2) is 5.96 Å². The van der Waals surface area contributed by atoms with Crippen LogP contribution in [0.3, 0.4) is 0 Å². The van der Waals surface area contributed by atoms with Crippen molar-refractivity contribution >= 4 is 5.96 Å². The highest BCUT2D eigenvalue weighted by Gasteiger charge is 2.23. The number of guanidine groups is 1. The van der Waals surface area contributed by atoms with E-state index in [9.17, 15) is 0 Å². The molecule has 0 aromatic heterocycles. The van der Waals surface area contributed by atoms with Gasteiger partial charge in [-0.15, -0.1) is 0 Å². The van der Waals surface area contributed by atoms with Crippen LogP contribution in [0.5, 0.6) is 0 Å². The van der Waals surface area contributed by atoms with Crippen molar-refractivity contribution in [3.63, 3.8) is 0 Å². The minimum Gasteiger partial charge on any atom is -0.379 e. The second-order valence-corrected chi connectivity index (χ2v) is 7.47. The van der Waals surface area contributed by atoms with Gasteiger partial charge in [0.1, 0.15) is 0 Å². The fourth-order valence-electron chi connectivity index (χ4n) is 3.79.